The van der Waals surface area contributed by atoms with Crippen molar-refractivity contribution in [3.63, 3.8) is 0 Å². The Morgan fingerprint density at radius 2 is 1.44 bits per heavy atom. The molecular formula is C15H23N. The number of aryl methyl sites for hydroxylation is 2. The van der Waals surface area contributed by atoms with Gasteiger partial charge in [-0.3, -0.25) is 4.98 Å². The summed E-state index contributed by atoms with van der Waals surface area (Å²) in [5.74, 6) is 0. The number of nitrogens with zero attached hydrogens (tertiary/aromatic N) is 1. The average Bonchev–Trinajstić information content (AvgIpc) is 2.36. The molecule has 0 saturated carbocycles. The first kappa shape index (κ1) is 14.6. The number of hydrogen-bond donors (Lipinski definition) is 0. The minimum atomic E-state index is 1.12. The van der Waals surface area contributed by atoms with Crippen molar-refractivity contribution in [3.8, 4) is 0 Å². The Labute approximate surface area is 99.5 Å². The van der Waals surface area contributed by atoms with Crippen molar-refractivity contribution in [2.75, 3.05) is 0 Å². The number of fused-ring (bicyclic) bond motifs is 1. The quantitative estimate of drug-likeness (QED) is 0.611. The van der Waals surface area contributed by atoms with Crippen molar-refractivity contribution in [2.24, 2.45) is 0 Å². The largest absolute Gasteiger partial charge is 0.256 e. The molecule has 1 aromatic carbocycles. The summed E-state index contributed by atoms with van der Waals surface area (Å²) in [4.78, 5) is 4.34. The van der Waals surface area contributed by atoms with E-state index < -0.39 is 0 Å². The van der Waals surface area contributed by atoms with E-state index in [-0.39, 0.29) is 0 Å². The van der Waals surface area contributed by atoms with Crippen molar-refractivity contribution in [2.45, 2.75) is 41.5 Å². The van der Waals surface area contributed by atoms with Gasteiger partial charge in [-0.25, -0.2) is 0 Å². The first-order valence-electron chi connectivity index (χ1n) is 6.10. The van der Waals surface area contributed by atoms with Gasteiger partial charge < -0.3 is 0 Å². The predicted molar refractivity (Wildman–Crippen MR) is 73.9 cm³/mol. The van der Waals surface area contributed by atoms with Crippen molar-refractivity contribution in [1.82, 2.24) is 4.98 Å². The van der Waals surface area contributed by atoms with Crippen LogP contribution in [0.1, 0.15) is 38.8 Å². The number of hydrogen-bond acceptors (Lipinski definition) is 1. The average molecular weight is 217 g/mol. The van der Waals surface area contributed by atoms with Gasteiger partial charge in [-0.05, 0) is 31.0 Å². The molecule has 0 aliphatic heterocycles. The van der Waals surface area contributed by atoms with Gasteiger partial charge in [0, 0.05) is 11.6 Å². The highest BCUT2D eigenvalue weighted by molar-refractivity contribution is 5.84. The van der Waals surface area contributed by atoms with E-state index in [0.717, 1.165) is 5.52 Å². The van der Waals surface area contributed by atoms with Crippen LogP contribution in [0.15, 0.2) is 30.5 Å². The summed E-state index contributed by atoms with van der Waals surface area (Å²) in [5.41, 5.74) is 3.66. The van der Waals surface area contributed by atoms with Crippen LogP contribution in [0.5, 0.6) is 0 Å². The molecule has 0 aliphatic carbocycles. The predicted octanol–water partition coefficient (Wildman–Crippen LogP) is 4.90. The molecule has 0 aliphatic rings. The first-order valence-corrected chi connectivity index (χ1v) is 6.10. The molecule has 0 amide bonds. The Kier molecular flexibility index (Phi) is 7.19. The van der Waals surface area contributed by atoms with Crippen LogP contribution in [0.2, 0.25) is 0 Å². The highest BCUT2D eigenvalue weighted by atomic mass is 14.6. The molecule has 0 spiro atoms. The van der Waals surface area contributed by atoms with Gasteiger partial charge >= 0.3 is 0 Å². The monoisotopic (exact) mass is 217 g/mol. The summed E-state index contributed by atoms with van der Waals surface area (Å²) >= 11 is 0. The third-order valence-electron chi connectivity index (χ3n) is 2.19. The third kappa shape index (κ3) is 3.34. The SMILES string of the molecule is CC.CC.Cc1ccnc2c(C)cccc12. The molecule has 88 valence electrons. The Morgan fingerprint density at radius 1 is 0.812 bits per heavy atom. The van der Waals surface area contributed by atoms with Crippen LogP contribution in [-0.2, 0) is 0 Å². The molecule has 1 heterocycles. The molecule has 0 fully saturated rings. The second kappa shape index (κ2) is 7.86. The van der Waals surface area contributed by atoms with E-state index in [1.165, 1.54) is 16.5 Å². The van der Waals surface area contributed by atoms with E-state index in [1.54, 1.807) is 0 Å². The molecule has 0 bridgehead atoms. The van der Waals surface area contributed by atoms with E-state index in [9.17, 15) is 0 Å². The van der Waals surface area contributed by atoms with Gasteiger partial charge in [0.05, 0.1) is 5.52 Å². The number of para-hydroxylation sites is 1. The van der Waals surface area contributed by atoms with Crippen LogP contribution < -0.4 is 0 Å². The van der Waals surface area contributed by atoms with Crippen molar-refractivity contribution >= 4 is 10.9 Å². The Balaban J connectivity index is 0.000000509. The van der Waals surface area contributed by atoms with Crippen molar-refractivity contribution in [3.05, 3.63) is 41.6 Å². The Bertz CT molecular complexity index is 377. The minimum Gasteiger partial charge on any atom is -0.256 e. The lowest BCUT2D eigenvalue weighted by atomic mass is 10.1. The fourth-order valence-corrected chi connectivity index (χ4v) is 1.46. The lowest BCUT2D eigenvalue weighted by molar-refractivity contribution is 1.34. The summed E-state index contributed by atoms with van der Waals surface area (Å²) in [6.07, 6.45) is 1.87. The number of pyridine rings is 1. The summed E-state index contributed by atoms with van der Waals surface area (Å²) < 4.78 is 0. The van der Waals surface area contributed by atoms with E-state index in [0.29, 0.717) is 0 Å². The number of aromatic nitrogens is 1. The number of rotatable bonds is 0. The van der Waals surface area contributed by atoms with Gasteiger partial charge in [0.2, 0.25) is 0 Å². The summed E-state index contributed by atoms with van der Waals surface area (Å²) in [7, 11) is 0. The summed E-state index contributed by atoms with van der Waals surface area (Å²) in [5, 5.41) is 1.26. The maximum Gasteiger partial charge on any atom is 0.0733 e. The summed E-state index contributed by atoms with van der Waals surface area (Å²) in [6.45, 7) is 12.2. The molecule has 0 atom stereocenters. The van der Waals surface area contributed by atoms with Crippen LogP contribution in [0.25, 0.3) is 10.9 Å². The molecule has 0 saturated heterocycles. The first-order chi connectivity index (χ1) is 7.79. The zero-order chi connectivity index (χ0) is 12.6. The highest BCUT2D eigenvalue weighted by Gasteiger charge is 1.98. The smallest absolute Gasteiger partial charge is 0.0733 e. The standard InChI is InChI=1S/C11H11N.2C2H6/c1-8-6-7-12-11-9(2)4-3-5-10(8)11;2*1-2/h3-7H,1-2H3;2*1-2H3. The third-order valence-corrected chi connectivity index (χ3v) is 2.19. The molecule has 2 rings (SSSR count). The Morgan fingerprint density at radius 3 is 2.00 bits per heavy atom. The minimum absolute atomic E-state index is 1.12. The lowest BCUT2D eigenvalue weighted by Gasteiger charge is -2.02. The van der Waals surface area contributed by atoms with Gasteiger partial charge in [-0.1, -0.05) is 45.9 Å². The van der Waals surface area contributed by atoms with E-state index in [1.807, 2.05) is 40.0 Å². The molecule has 16 heavy (non-hydrogen) atoms. The van der Waals surface area contributed by atoms with Crippen LogP contribution in [-0.4, -0.2) is 4.98 Å². The van der Waals surface area contributed by atoms with Crippen LogP contribution in [0.3, 0.4) is 0 Å². The number of benzene rings is 1. The van der Waals surface area contributed by atoms with Crippen LogP contribution in [0, 0.1) is 13.8 Å². The maximum atomic E-state index is 4.34. The second-order valence-corrected chi connectivity index (χ2v) is 3.10. The van der Waals surface area contributed by atoms with Gasteiger partial charge in [0.1, 0.15) is 0 Å². The van der Waals surface area contributed by atoms with E-state index in [2.05, 4.69) is 37.0 Å². The molecular weight excluding hydrogens is 194 g/mol. The molecule has 1 aromatic heterocycles. The molecule has 0 radical (unpaired) electrons. The highest BCUT2D eigenvalue weighted by Crippen LogP contribution is 2.18. The van der Waals surface area contributed by atoms with Crippen molar-refractivity contribution < 1.29 is 0 Å². The topological polar surface area (TPSA) is 12.9 Å². The molecule has 1 nitrogen and oxygen atoms in total. The van der Waals surface area contributed by atoms with Crippen LogP contribution >= 0.6 is 0 Å². The van der Waals surface area contributed by atoms with Gasteiger partial charge in [0.25, 0.3) is 0 Å². The zero-order valence-electron chi connectivity index (χ0n) is 11.3. The Hall–Kier alpha value is -1.37. The lowest BCUT2D eigenvalue weighted by Crippen LogP contribution is -1.84. The second-order valence-electron chi connectivity index (χ2n) is 3.10. The summed E-state index contributed by atoms with van der Waals surface area (Å²) in [6, 6.07) is 8.33. The van der Waals surface area contributed by atoms with Gasteiger partial charge in [-0.15, -0.1) is 0 Å². The fraction of sp³-hybridized carbons (Fsp3) is 0.400. The maximum absolute atomic E-state index is 4.34. The van der Waals surface area contributed by atoms with Crippen LogP contribution in [0.4, 0.5) is 0 Å². The van der Waals surface area contributed by atoms with E-state index >= 15 is 0 Å². The van der Waals surface area contributed by atoms with Gasteiger partial charge in [0.15, 0.2) is 0 Å². The fourth-order valence-electron chi connectivity index (χ4n) is 1.46. The zero-order valence-corrected chi connectivity index (χ0v) is 11.3. The molecule has 0 unspecified atom stereocenters. The normalized spacial score (nSPS) is 8.62. The molecule has 1 heteroatoms. The van der Waals surface area contributed by atoms with E-state index in [4.69, 9.17) is 0 Å². The van der Waals surface area contributed by atoms with Crippen molar-refractivity contribution in [1.29, 1.82) is 0 Å². The van der Waals surface area contributed by atoms with Gasteiger partial charge in [-0.2, -0.15) is 0 Å². The molecule has 0 N–H and O–H groups in total. The molecule has 2 aromatic rings.